The molecule has 3 nitrogen and oxygen atoms in total. The average Bonchev–Trinajstić information content (AvgIpc) is 3.02. The van der Waals surface area contributed by atoms with Crippen molar-refractivity contribution >= 4 is 21.3 Å². The van der Waals surface area contributed by atoms with Gasteiger partial charge in [-0.25, -0.2) is 8.42 Å². The minimum Gasteiger partial charge on any atom is -0.261 e. The van der Waals surface area contributed by atoms with Gasteiger partial charge in [-0.1, -0.05) is 61.1 Å². The zero-order valence-corrected chi connectivity index (χ0v) is 16.0. The topological polar surface area (TPSA) is 37.4 Å². The number of nitrogens with zero attached hydrogens (tertiary/aromatic N) is 1. The van der Waals surface area contributed by atoms with Gasteiger partial charge in [0.2, 0.25) is 0 Å². The predicted octanol–water partition coefficient (Wildman–Crippen LogP) is 4.78. The van der Waals surface area contributed by atoms with Crippen molar-refractivity contribution in [3.8, 4) is 11.8 Å². The first-order valence-electron chi connectivity index (χ1n) is 8.90. The fourth-order valence-electron chi connectivity index (χ4n) is 2.94. The molecule has 0 spiro atoms. The van der Waals surface area contributed by atoms with Gasteiger partial charge in [-0.3, -0.25) is 4.31 Å². The monoisotopic (exact) mass is 365 g/mol. The Hall–Kier alpha value is -2.51. The Morgan fingerprint density at radius 2 is 1.85 bits per heavy atom. The second-order valence-electron chi connectivity index (χ2n) is 6.44. The van der Waals surface area contributed by atoms with E-state index in [0.717, 1.165) is 41.6 Å². The molecule has 0 N–H and O–H groups in total. The highest BCUT2D eigenvalue weighted by atomic mass is 32.2. The van der Waals surface area contributed by atoms with E-state index in [-0.39, 0.29) is 0 Å². The summed E-state index contributed by atoms with van der Waals surface area (Å²) in [4.78, 5) is 0.313. The summed E-state index contributed by atoms with van der Waals surface area (Å²) in [5, 5.41) is 0. The maximum absolute atomic E-state index is 13.1. The molecule has 0 radical (unpaired) electrons. The van der Waals surface area contributed by atoms with Gasteiger partial charge in [0.05, 0.1) is 17.1 Å². The summed E-state index contributed by atoms with van der Waals surface area (Å²) in [6.45, 7) is 4.40. The Morgan fingerprint density at radius 1 is 1.12 bits per heavy atom. The second-order valence-corrected chi connectivity index (χ2v) is 8.30. The fourth-order valence-corrected chi connectivity index (χ4v) is 4.40. The molecule has 0 unspecified atom stereocenters. The highest BCUT2D eigenvalue weighted by molar-refractivity contribution is 7.92. The van der Waals surface area contributed by atoms with E-state index in [0.29, 0.717) is 11.4 Å². The fraction of sp³-hybridized carbons (Fsp3) is 0.273. The van der Waals surface area contributed by atoms with Crippen LogP contribution in [0.1, 0.15) is 37.3 Å². The number of rotatable bonds is 4. The summed E-state index contributed by atoms with van der Waals surface area (Å²) in [5.74, 6) is 6.23. The highest BCUT2D eigenvalue weighted by Gasteiger charge is 2.33. The van der Waals surface area contributed by atoms with Crippen molar-refractivity contribution < 1.29 is 8.42 Å². The minimum absolute atomic E-state index is 0.313. The van der Waals surface area contributed by atoms with Crippen LogP contribution >= 0.6 is 0 Å². The zero-order chi connectivity index (χ0) is 18.6. The molecular formula is C22H23NO2S. The summed E-state index contributed by atoms with van der Waals surface area (Å²) in [7, 11) is -3.60. The first-order valence-corrected chi connectivity index (χ1v) is 10.3. The standard InChI is InChI=1S/C22H23NO2S/c1-3-4-5-6-7-10-19-17-23(22-12-9-8-11-21(19)22)26(24,25)20-15-13-18(2)14-16-20/h8-16H,3-5,17H2,1-2H3/b19-10-. The van der Waals surface area contributed by atoms with E-state index in [9.17, 15) is 8.42 Å². The Morgan fingerprint density at radius 3 is 2.58 bits per heavy atom. The molecule has 0 saturated heterocycles. The van der Waals surface area contributed by atoms with Crippen LogP contribution in [-0.2, 0) is 10.0 Å². The van der Waals surface area contributed by atoms with Gasteiger partial charge >= 0.3 is 0 Å². The molecule has 0 bridgehead atoms. The molecule has 134 valence electrons. The molecule has 26 heavy (non-hydrogen) atoms. The van der Waals surface area contributed by atoms with Crippen LogP contribution in [0.5, 0.6) is 0 Å². The largest absolute Gasteiger partial charge is 0.264 e. The van der Waals surface area contributed by atoms with E-state index >= 15 is 0 Å². The van der Waals surface area contributed by atoms with Gasteiger partial charge in [-0.15, -0.1) is 0 Å². The molecule has 0 aliphatic carbocycles. The van der Waals surface area contributed by atoms with Crippen molar-refractivity contribution in [2.45, 2.75) is 38.0 Å². The van der Waals surface area contributed by atoms with E-state index in [1.165, 1.54) is 4.31 Å². The first kappa shape index (κ1) is 18.3. The lowest BCUT2D eigenvalue weighted by molar-refractivity contribution is 0.593. The third-order valence-corrected chi connectivity index (χ3v) is 6.22. The Bertz CT molecular complexity index is 977. The minimum atomic E-state index is -3.60. The first-order chi connectivity index (χ1) is 12.5. The van der Waals surface area contributed by atoms with Gasteiger partial charge < -0.3 is 0 Å². The van der Waals surface area contributed by atoms with Crippen LogP contribution in [0.2, 0.25) is 0 Å². The van der Waals surface area contributed by atoms with Gasteiger partial charge in [0.25, 0.3) is 10.0 Å². The van der Waals surface area contributed by atoms with Crippen LogP contribution in [0.25, 0.3) is 5.57 Å². The molecule has 3 rings (SSSR count). The molecule has 0 fully saturated rings. The van der Waals surface area contributed by atoms with Crippen molar-refractivity contribution in [3.63, 3.8) is 0 Å². The summed E-state index contributed by atoms with van der Waals surface area (Å²) >= 11 is 0. The van der Waals surface area contributed by atoms with Gasteiger partial charge in [0.1, 0.15) is 0 Å². The number of anilines is 1. The van der Waals surface area contributed by atoms with E-state index in [1.807, 2.05) is 49.4 Å². The van der Waals surface area contributed by atoms with Crippen molar-refractivity contribution in [1.29, 1.82) is 0 Å². The number of allylic oxidation sites excluding steroid dienone is 1. The number of para-hydroxylation sites is 1. The van der Waals surface area contributed by atoms with Crippen LogP contribution in [-0.4, -0.2) is 15.0 Å². The van der Waals surface area contributed by atoms with E-state index < -0.39 is 10.0 Å². The molecule has 1 heterocycles. The quantitative estimate of drug-likeness (QED) is 0.577. The summed E-state index contributed by atoms with van der Waals surface area (Å²) in [6.07, 6.45) is 4.93. The molecule has 2 aromatic rings. The third kappa shape index (κ3) is 3.68. The van der Waals surface area contributed by atoms with Crippen molar-refractivity contribution in [2.75, 3.05) is 10.8 Å². The number of benzene rings is 2. The highest BCUT2D eigenvalue weighted by Crippen LogP contribution is 2.38. The van der Waals surface area contributed by atoms with Crippen molar-refractivity contribution in [3.05, 3.63) is 65.7 Å². The lowest BCUT2D eigenvalue weighted by atomic mass is 10.1. The van der Waals surface area contributed by atoms with Gasteiger partial charge in [0, 0.05) is 12.0 Å². The van der Waals surface area contributed by atoms with E-state index in [2.05, 4.69) is 18.8 Å². The maximum atomic E-state index is 13.1. The van der Waals surface area contributed by atoms with Gasteiger partial charge in [-0.2, -0.15) is 0 Å². The lowest BCUT2D eigenvalue weighted by Crippen LogP contribution is -2.28. The zero-order valence-electron chi connectivity index (χ0n) is 15.2. The SMILES string of the molecule is CCCCC#C/C=C1/CN(S(=O)(=O)c2ccc(C)cc2)c2ccccc21. The normalized spacial score (nSPS) is 14.8. The Labute approximate surface area is 156 Å². The summed E-state index contributed by atoms with van der Waals surface area (Å²) in [6, 6.07) is 14.6. The van der Waals surface area contributed by atoms with Crippen LogP contribution in [0.4, 0.5) is 5.69 Å². The lowest BCUT2D eigenvalue weighted by Gasteiger charge is -2.19. The van der Waals surface area contributed by atoms with Crippen molar-refractivity contribution in [2.24, 2.45) is 0 Å². The number of unbranched alkanes of at least 4 members (excludes halogenated alkanes) is 2. The Kier molecular flexibility index (Phi) is 5.49. The number of fused-ring (bicyclic) bond motifs is 1. The molecule has 0 amide bonds. The smallest absolute Gasteiger partial charge is 0.261 e. The molecule has 4 heteroatoms. The number of aryl methyl sites for hydroxylation is 1. The van der Waals surface area contributed by atoms with Crippen LogP contribution in [0, 0.1) is 18.8 Å². The van der Waals surface area contributed by atoms with Crippen LogP contribution in [0.15, 0.2) is 59.5 Å². The second kappa shape index (κ2) is 7.80. The maximum Gasteiger partial charge on any atom is 0.264 e. The predicted molar refractivity (Wildman–Crippen MR) is 107 cm³/mol. The van der Waals surface area contributed by atoms with Crippen LogP contribution < -0.4 is 4.31 Å². The molecule has 0 aromatic heterocycles. The molecular weight excluding hydrogens is 342 g/mol. The van der Waals surface area contributed by atoms with Gasteiger partial charge in [0.15, 0.2) is 0 Å². The van der Waals surface area contributed by atoms with E-state index in [1.54, 1.807) is 12.1 Å². The van der Waals surface area contributed by atoms with E-state index in [4.69, 9.17) is 0 Å². The average molecular weight is 365 g/mol. The summed E-state index contributed by atoms with van der Waals surface area (Å²) in [5.41, 5.74) is 3.64. The third-order valence-electron chi connectivity index (χ3n) is 4.45. The van der Waals surface area contributed by atoms with Crippen molar-refractivity contribution in [1.82, 2.24) is 0 Å². The summed E-state index contributed by atoms with van der Waals surface area (Å²) < 4.78 is 27.7. The molecule has 1 aliphatic rings. The van der Waals surface area contributed by atoms with Gasteiger partial charge in [-0.05, 0) is 43.2 Å². The Balaban J connectivity index is 1.96. The molecule has 0 saturated carbocycles. The number of hydrogen-bond donors (Lipinski definition) is 0. The number of hydrogen-bond acceptors (Lipinski definition) is 2. The molecule has 1 aliphatic heterocycles. The number of sulfonamides is 1. The molecule has 0 atom stereocenters. The molecule has 2 aromatic carbocycles. The van der Waals surface area contributed by atoms with Crippen LogP contribution in [0.3, 0.4) is 0 Å².